The van der Waals surface area contributed by atoms with Crippen molar-refractivity contribution >= 4 is 17.2 Å². The number of aromatic nitrogens is 5. The summed E-state index contributed by atoms with van der Waals surface area (Å²) in [5, 5.41) is 14.1. The summed E-state index contributed by atoms with van der Waals surface area (Å²) >= 11 is 1.47. The van der Waals surface area contributed by atoms with Crippen LogP contribution < -0.4 is 0 Å². The molecular formula is C15H16N6O2S. The fraction of sp³-hybridized carbons (Fsp3) is 0.400. The molecule has 1 fully saturated rings. The lowest BCUT2D eigenvalue weighted by atomic mass is 10.3. The SMILES string of the molecule is CCc1noc(-c2cn([C@H]3CCN(C(=O)c4cccs4)C3)nn2)n1. The van der Waals surface area contributed by atoms with Gasteiger partial charge in [-0.2, -0.15) is 4.98 Å². The minimum atomic E-state index is 0.0809. The minimum absolute atomic E-state index is 0.0809. The lowest BCUT2D eigenvalue weighted by Crippen LogP contribution is -2.28. The van der Waals surface area contributed by atoms with Crippen LogP contribution in [0.2, 0.25) is 0 Å². The molecule has 1 atom stereocenters. The minimum Gasteiger partial charge on any atom is -0.336 e. The van der Waals surface area contributed by atoms with Gasteiger partial charge in [0.25, 0.3) is 11.8 Å². The largest absolute Gasteiger partial charge is 0.336 e. The van der Waals surface area contributed by atoms with E-state index in [1.54, 1.807) is 10.9 Å². The molecule has 24 heavy (non-hydrogen) atoms. The highest BCUT2D eigenvalue weighted by Crippen LogP contribution is 2.25. The Morgan fingerprint density at radius 2 is 2.42 bits per heavy atom. The molecule has 0 N–H and O–H groups in total. The molecule has 9 heteroatoms. The van der Waals surface area contributed by atoms with Crippen LogP contribution in [0, 0.1) is 0 Å². The molecule has 0 aromatic carbocycles. The molecule has 3 aromatic rings. The molecule has 124 valence electrons. The van der Waals surface area contributed by atoms with E-state index >= 15 is 0 Å². The van der Waals surface area contributed by atoms with Gasteiger partial charge >= 0.3 is 0 Å². The first-order chi connectivity index (χ1) is 11.7. The third-order valence-electron chi connectivity index (χ3n) is 4.07. The van der Waals surface area contributed by atoms with Crippen molar-refractivity contribution in [2.75, 3.05) is 13.1 Å². The monoisotopic (exact) mass is 344 g/mol. The topological polar surface area (TPSA) is 89.9 Å². The van der Waals surface area contributed by atoms with Crippen molar-refractivity contribution < 1.29 is 9.32 Å². The number of amides is 1. The second-order valence-electron chi connectivity index (χ2n) is 5.62. The number of carbonyl (C=O) groups excluding carboxylic acids is 1. The van der Waals surface area contributed by atoms with Gasteiger partial charge in [0.05, 0.1) is 17.1 Å². The van der Waals surface area contributed by atoms with Crippen LogP contribution in [0.3, 0.4) is 0 Å². The fourth-order valence-electron chi connectivity index (χ4n) is 2.75. The van der Waals surface area contributed by atoms with Crippen LogP contribution >= 0.6 is 11.3 Å². The maximum Gasteiger partial charge on any atom is 0.280 e. The Labute approximate surface area is 142 Å². The smallest absolute Gasteiger partial charge is 0.280 e. The lowest BCUT2D eigenvalue weighted by Gasteiger charge is -2.15. The van der Waals surface area contributed by atoms with Crippen molar-refractivity contribution in [2.24, 2.45) is 0 Å². The normalized spacial score (nSPS) is 17.5. The van der Waals surface area contributed by atoms with Crippen LogP contribution in [0.15, 0.2) is 28.2 Å². The van der Waals surface area contributed by atoms with Gasteiger partial charge < -0.3 is 9.42 Å². The summed E-state index contributed by atoms with van der Waals surface area (Å²) in [4.78, 5) is 19.3. The van der Waals surface area contributed by atoms with Crippen molar-refractivity contribution in [1.82, 2.24) is 30.0 Å². The fourth-order valence-corrected chi connectivity index (χ4v) is 3.44. The van der Waals surface area contributed by atoms with Crippen LogP contribution in [0.25, 0.3) is 11.6 Å². The van der Waals surface area contributed by atoms with Crippen LogP contribution in [-0.2, 0) is 6.42 Å². The Balaban J connectivity index is 1.47. The third-order valence-corrected chi connectivity index (χ3v) is 4.93. The molecule has 1 amide bonds. The first-order valence-corrected chi connectivity index (χ1v) is 8.70. The maximum atomic E-state index is 12.4. The summed E-state index contributed by atoms with van der Waals surface area (Å²) in [5.74, 6) is 1.10. The Morgan fingerprint density at radius 1 is 1.50 bits per heavy atom. The number of thiophene rings is 1. The summed E-state index contributed by atoms with van der Waals surface area (Å²) in [6.45, 7) is 3.31. The number of carbonyl (C=O) groups is 1. The predicted molar refractivity (Wildman–Crippen MR) is 86.6 cm³/mol. The molecule has 0 aliphatic carbocycles. The molecule has 1 aliphatic heterocycles. The van der Waals surface area contributed by atoms with Crippen LogP contribution in [0.4, 0.5) is 0 Å². The van der Waals surface area contributed by atoms with Gasteiger partial charge in [0.1, 0.15) is 0 Å². The average molecular weight is 344 g/mol. The summed E-state index contributed by atoms with van der Waals surface area (Å²) in [7, 11) is 0. The van der Waals surface area contributed by atoms with E-state index in [9.17, 15) is 4.79 Å². The first-order valence-electron chi connectivity index (χ1n) is 7.82. The zero-order chi connectivity index (χ0) is 16.5. The molecule has 3 aromatic heterocycles. The molecule has 0 radical (unpaired) electrons. The molecule has 4 rings (SSSR count). The predicted octanol–water partition coefficient (Wildman–Crippen LogP) is 2.04. The molecule has 1 aliphatic rings. The number of nitrogens with zero attached hydrogens (tertiary/aromatic N) is 6. The van der Waals surface area contributed by atoms with Gasteiger partial charge in [0.2, 0.25) is 0 Å². The number of hydrogen-bond acceptors (Lipinski definition) is 7. The van der Waals surface area contributed by atoms with E-state index in [1.807, 2.05) is 29.3 Å². The van der Waals surface area contributed by atoms with E-state index in [1.165, 1.54) is 11.3 Å². The van der Waals surface area contributed by atoms with E-state index in [2.05, 4.69) is 20.5 Å². The number of aryl methyl sites for hydroxylation is 1. The van der Waals surface area contributed by atoms with E-state index < -0.39 is 0 Å². The highest BCUT2D eigenvalue weighted by atomic mass is 32.1. The van der Waals surface area contributed by atoms with Gasteiger partial charge in [0.15, 0.2) is 11.5 Å². The van der Waals surface area contributed by atoms with Crippen molar-refractivity contribution in [3.8, 4) is 11.6 Å². The third kappa shape index (κ3) is 2.71. The van der Waals surface area contributed by atoms with Crippen LogP contribution in [0.5, 0.6) is 0 Å². The summed E-state index contributed by atoms with van der Waals surface area (Å²) in [5.41, 5.74) is 0.560. The zero-order valence-corrected chi connectivity index (χ0v) is 13.9. The zero-order valence-electron chi connectivity index (χ0n) is 13.1. The van der Waals surface area contributed by atoms with Crippen LogP contribution in [0.1, 0.15) is 34.9 Å². The standard InChI is InChI=1S/C15H16N6O2S/c1-2-13-16-14(23-18-13)11-9-21(19-17-11)10-5-6-20(8-10)15(22)12-4-3-7-24-12/h3-4,7,9-10H,2,5-6,8H2,1H3/t10-/m0/s1. The Hall–Kier alpha value is -2.55. The van der Waals surface area contributed by atoms with Crippen molar-refractivity contribution in [3.63, 3.8) is 0 Å². The molecule has 0 saturated carbocycles. The lowest BCUT2D eigenvalue weighted by molar-refractivity contribution is 0.0791. The summed E-state index contributed by atoms with van der Waals surface area (Å²) in [6.07, 6.45) is 3.36. The number of hydrogen-bond donors (Lipinski definition) is 0. The van der Waals surface area contributed by atoms with E-state index in [0.29, 0.717) is 30.4 Å². The number of likely N-dealkylation sites (tertiary alicyclic amines) is 1. The molecule has 4 heterocycles. The first kappa shape index (κ1) is 15.0. The van der Waals surface area contributed by atoms with Gasteiger partial charge in [-0.15, -0.1) is 16.4 Å². The van der Waals surface area contributed by atoms with Gasteiger partial charge in [-0.25, -0.2) is 4.68 Å². The molecule has 1 saturated heterocycles. The Morgan fingerprint density at radius 3 is 3.17 bits per heavy atom. The van der Waals surface area contributed by atoms with Gasteiger partial charge in [-0.1, -0.05) is 23.4 Å². The Kier molecular flexibility index (Phi) is 3.85. The van der Waals surface area contributed by atoms with Gasteiger partial charge in [-0.3, -0.25) is 4.79 Å². The van der Waals surface area contributed by atoms with Crippen molar-refractivity contribution in [3.05, 3.63) is 34.4 Å². The molecule has 0 unspecified atom stereocenters. The van der Waals surface area contributed by atoms with E-state index in [0.717, 1.165) is 17.8 Å². The second kappa shape index (κ2) is 6.16. The van der Waals surface area contributed by atoms with Crippen molar-refractivity contribution in [2.45, 2.75) is 25.8 Å². The molecule has 0 bridgehead atoms. The quantitative estimate of drug-likeness (QED) is 0.719. The highest BCUT2D eigenvalue weighted by molar-refractivity contribution is 7.12. The molecular weight excluding hydrogens is 328 g/mol. The number of rotatable bonds is 4. The molecule has 0 spiro atoms. The summed E-state index contributed by atoms with van der Waals surface area (Å²) in [6, 6.07) is 3.86. The average Bonchev–Trinajstić information content (AvgIpc) is 3.41. The van der Waals surface area contributed by atoms with E-state index in [-0.39, 0.29) is 11.9 Å². The van der Waals surface area contributed by atoms with E-state index in [4.69, 9.17) is 4.52 Å². The van der Waals surface area contributed by atoms with Crippen LogP contribution in [-0.4, -0.2) is 49.0 Å². The highest BCUT2D eigenvalue weighted by Gasteiger charge is 2.29. The Bertz CT molecular complexity index is 840. The van der Waals surface area contributed by atoms with Gasteiger partial charge in [-0.05, 0) is 17.9 Å². The second-order valence-corrected chi connectivity index (χ2v) is 6.57. The summed E-state index contributed by atoms with van der Waals surface area (Å²) < 4.78 is 6.97. The molecule has 8 nitrogen and oxygen atoms in total. The van der Waals surface area contributed by atoms with Crippen molar-refractivity contribution in [1.29, 1.82) is 0 Å². The maximum absolute atomic E-state index is 12.4. The van der Waals surface area contributed by atoms with Gasteiger partial charge in [0, 0.05) is 19.5 Å².